The lowest BCUT2D eigenvalue weighted by Crippen LogP contribution is -2.28. The minimum Gasteiger partial charge on any atom is -0.467 e. The lowest BCUT2D eigenvalue weighted by atomic mass is 10.4. The average Bonchev–Trinajstić information content (AvgIpc) is 2.67. The first-order chi connectivity index (χ1) is 8.83. The summed E-state index contributed by atoms with van der Waals surface area (Å²) >= 11 is 1.98. The monoisotopic (exact) mass is 269 g/mol. The molecule has 1 aromatic heterocycles. The van der Waals surface area contributed by atoms with Crippen molar-refractivity contribution in [3.63, 3.8) is 0 Å². The van der Waals surface area contributed by atoms with E-state index in [9.17, 15) is 0 Å². The highest BCUT2D eigenvalue weighted by Gasteiger charge is 2.15. The van der Waals surface area contributed by atoms with Gasteiger partial charge in [0, 0.05) is 25.4 Å². The van der Waals surface area contributed by atoms with Gasteiger partial charge in [0.25, 0.3) is 0 Å². The molecule has 1 fully saturated rings. The molecule has 0 amide bonds. The summed E-state index contributed by atoms with van der Waals surface area (Å²) in [5.41, 5.74) is 0. The van der Waals surface area contributed by atoms with Gasteiger partial charge in [0.15, 0.2) is 0 Å². The molecule has 1 N–H and O–H groups in total. The molecule has 1 aliphatic rings. The van der Waals surface area contributed by atoms with Crippen molar-refractivity contribution in [2.45, 2.75) is 13.3 Å². The predicted molar refractivity (Wildman–Crippen MR) is 74.7 cm³/mol. The fourth-order valence-electron chi connectivity index (χ4n) is 1.76. The van der Waals surface area contributed by atoms with Crippen LogP contribution in [-0.4, -0.2) is 53.2 Å². The fourth-order valence-corrected chi connectivity index (χ4v) is 2.65. The molecule has 6 nitrogen and oxygen atoms in total. The second-order valence-electron chi connectivity index (χ2n) is 3.93. The second-order valence-corrected chi connectivity index (χ2v) is 5.15. The van der Waals surface area contributed by atoms with Crippen molar-refractivity contribution in [1.82, 2.24) is 15.0 Å². The van der Waals surface area contributed by atoms with Crippen molar-refractivity contribution in [1.29, 1.82) is 0 Å². The zero-order valence-corrected chi connectivity index (χ0v) is 11.7. The van der Waals surface area contributed by atoms with Crippen molar-refractivity contribution in [3.8, 4) is 6.01 Å². The number of hydrogen-bond acceptors (Lipinski definition) is 7. The highest BCUT2D eigenvalue weighted by molar-refractivity contribution is 7.99. The molecule has 18 heavy (non-hydrogen) atoms. The van der Waals surface area contributed by atoms with Gasteiger partial charge in [-0.15, -0.1) is 0 Å². The first-order valence-electron chi connectivity index (χ1n) is 6.20. The topological polar surface area (TPSA) is 63.2 Å². The van der Waals surface area contributed by atoms with E-state index in [-0.39, 0.29) is 0 Å². The molecule has 0 spiro atoms. The maximum Gasteiger partial charge on any atom is 0.322 e. The van der Waals surface area contributed by atoms with Crippen molar-refractivity contribution in [3.05, 3.63) is 0 Å². The highest BCUT2D eigenvalue weighted by Crippen LogP contribution is 2.18. The number of ether oxygens (including phenoxy) is 1. The third-order valence-electron chi connectivity index (χ3n) is 2.63. The third kappa shape index (κ3) is 3.38. The summed E-state index contributed by atoms with van der Waals surface area (Å²) in [4.78, 5) is 15.1. The highest BCUT2D eigenvalue weighted by atomic mass is 32.2. The quantitative estimate of drug-likeness (QED) is 0.882. The number of hydrogen-bond donors (Lipinski definition) is 1. The molecule has 0 aliphatic carbocycles. The van der Waals surface area contributed by atoms with Crippen LogP contribution in [0.15, 0.2) is 0 Å². The number of nitrogens with one attached hydrogen (secondary N) is 1. The van der Waals surface area contributed by atoms with Gasteiger partial charge in [-0.25, -0.2) is 0 Å². The molecule has 7 heteroatoms. The number of anilines is 2. The molecule has 0 saturated carbocycles. The van der Waals surface area contributed by atoms with E-state index in [0.717, 1.165) is 31.8 Å². The first kappa shape index (κ1) is 13.2. The number of rotatable bonds is 4. The molecular weight excluding hydrogens is 250 g/mol. The van der Waals surface area contributed by atoms with Crippen LogP contribution in [0.5, 0.6) is 6.01 Å². The number of methoxy groups -OCH3 is 1. The van der Waals surface area contributed by atoms with Gasteiger partial charge in [-0.05, 0) is 19.1 Å². The summed E-state index contributed by atoms with van der Waals surface area (Å²) in [5, 5.41) is 3.10. The van der Waals surface area contributed by atoms with Crippen LogP contribution in [0, 0.1) is 0 Å². The summed E-state index contributed by atoms with van der Waals surface area (Å²) in [6, 6.07) is 0.368. The lowest BCUT2D eigenvalue weighted by Gasteiger charge is -2.20. The van der Waals surface area contributed by atoms with Crippen molar-refractivity contribution < 1.29 is 4.74 Å². The van der Waals surface area contributed by atoms with E-state index in [0.29, 0.717) is 17.9 Å². The zero-order chi connectivity index (χ0) is 12.8. The Bertz CT molecular complexity index is 382. The third-order valence-corrected chi connectivity index (χ3v) is 3.67. The first-order valence-corrected chi connectivity index (χ1v) is 7.35. The Labute approximate surface area is 112 Å². The van der Waals surface area contributed by atoms with E-state index in [1.807, 2.05) is 18.7 Å². The summed E-state index contributed by atoms with van der Waals surface area (Å²) in [6.07, 6.45) is 1.16. The Balaban J connectivity index is 2.21. The zero-order valence-electron chi connectivity index (χ0n) is 10.8. The average molecular weight is 269 g/mol. The van der Waals surface area contributed by atoms with Crippen LogP contribution in [-0.2, 0) is 0 Å². The summed E-state index contributed by atoms with van der Waals surface area (Å²) in [7, 11) is 1.58. The van der Waals surface area contributed by atoms with Crippen LogP contribution in [0.2, 0.25) is 0 Å². The van der Waals surface area contributed by atoms with Crippen molar-refractivity contribution in [2.75, 3.05) is 48.5 Å². The Morgan fingerprint density at radius 3 is 2.94 bits per heavy atom. The van der Waals surface area contributed by atoms with Crippen LogP contribution in [0.25, 0.3) is 0 Å². The molecule has 0 atom stereocenters. The van der Waals surface area contributed by atoms with Gasteiger partial charge in [0.1, 0.15) is 0 Å². The molecular formula is C11H19N5OS. The molecule has 1 saturated heterocycles. The molecule has 1 aliphatic heterocycles. The van der Waals surface area contributed by atoms with Crippen LogP contribution >= 0.6 is 11.8 Å². The van der Waals surface area contributed by atoms with Gasteiger partial charge >= 0.3 is 6.01 Å². The summed E-state index contributed by atoms with van der Waals surface area (Å²) in [5.74, 6) is 3.61. The van der Waals surface area contributed by atoms with E-state index >= 15 is 0 Å². The predicted octanol–water partition coefficient (Wildman–Crippen LogP) is 1.26. The minimum atomic E-state index is 0.368. The molecule has 100 valence electrons. The van der Waals surface area contributed by atoms with Gasteiger partial charge in [0.2, 0.25) is 11.9 Å². The largest absolute Gasteiger partial charge is 0.467 e. The van der Waals surface area contributed by atoms with Gasteiger partial charge < -0.3 is 15.0 Å². The van der Waals surface area contributed by atoms with Crippen LogP contribution in [0.4, 0.5) is 11.9 Å². The smallest absolute Gasteiger partial charge is 0.322 e. The van der Waals surface area contributed by atoms with Gasteiger partial charge in [-0.1, -0.05) is 0 Å². The Hall–Kier alpha value is -1.24. The van der Waals surface area contributed by atoms with Crippen LogP contribution in [0.3, 0.4) is 0 Å². The molecule has 0 bridgehead atoms. The number of aromatic nitrogens is 3. The molecule has 0 radical (unpaired) electrons. The Kier molecular flexibility index (Phi) is 4.86. The van der Waals surface area contributed by atoms with E-state index in [2.05, 4.69) is 25.2 Å². The molecule has 0 unspecified atom stereocenters. The molecule has 1 aromatic rings. The van der Waals surface area contributed by atoms with Gasteiger partial charge in [-0.2, -0.15) is 26.7 Å². The number of nitrogens with zero attached hydrogens (tertiary/aromatic N) is 4. The molecule has 2 rings (SSSR count). The van der Waals surface area contributed by atoms with Crippen LogP contribution < -0.4 is 15.0 Å². The summed E-state index contributed by atoms with van der Waals surface area (Å²) < 4.78 is 5.13. The van der Waals surface area contributed by atoms with Crippen molar-refractivity contribution in [2.24, 2.45) is 0 Å². The maximum absolute atomic E-state index is 5.13. The van der Waals surface area contributed by atoms with Gasteiger partial charge in [0.05, 0.1) is 7.11 Å². The molecule has 2 heterocycles. The fraction of sp³-hybridized carbons (Fsp3) is 0.727. The second kappa shape index (κ2) is 6.63. The van der Waals surface area contributed by atoms with E-state index < -0.39 is 0 Å². The maximum atomic E-state index is 5.13. The minimum absolute atomic E-state index is 0.368. The SMILES string of the molecule is CCNc1nc(OC)nc(N2CCCSCC2)n1. The summed E-state index contributed by atoms with van der Waals surface area (Å²) in [6.45, 7) is 4.76. The number of thioether (sulfide) groups is 1. The standard InChI is InChI=1S/C11H19N5OS/c1-3-12-9-13-10(15-11(14-9)17-2)16-5-4-7-18-8-6-16/h3-8H2,1-2H3,(H,12,13,14,15). The van der Waals surface area contributed by atoms with E-state index in [1.165, 1.54) is 5.75 Å². The lowest BCUT2D eigenvalue weighted by molar-refractivity contribution is 0.378. The van der Waals surface area contributed by atoms with E-state index in [4.69, 9.17) is 4.74 Å². The van der Waals surface area contributed by atoms with Crippen molar-refractivity contribution >= 4 is 23.7 Å². The van der Waals surface area contributed by atoms with E-state index in [1.54, 1.807) is 7.11 Å². The Morgan fingerprint density at radius 2 is 2.17 bits per heavy atom. The van der Waals surface area contributed by atoms with Crippen LogP contribution in [0.1, 0.15) is 13.3 Å². The Morgan fingerprint density at radius 1 is 1.28 bits per heavy atom. The normalized spacial score (nSPS) is 16.2. The van der Waals surface area contributed by atoms with Gasteiger partial charge in [-0.3, -0.25) is 0 Å². The molecule has 0 aromatic carbocycles.